The average Bonchev–Trinajstić information content (AvgIpc) is 3.32. The van der Waals surface area contributed by atoms with Crippen LogP contribution in [0.4, 0.5) is 0 Å². The first kappa shape index (κ1) is 18.1. The molecule has 7 heteroatoms. The molecule has 7 nitrogen and oxygen atoms in total. The highest BCUT2D eigenvalue weighted by Crippen LogP contribution is 2.47. The van der Waals surface area contributed by atoms with Crippen molar-refractivity contribution in [3.05, 3.63) is 35.9 Å². The van der Waals surface area contributed by atoms with E-state index >= 15 is 0 Å². The van der Waals surface area contributed by atoms with Gasteiger partial charge in [0.25, 0.3) is 5.91 Å². The lowest BCUT2D eigenvalue weighted by molar-refractivity contribution is -0.134. The first-order valence-corrected chi connectivity index (χ1v) is 8.92. The lowest BCUT2D eigenvalue weighted by Crippen LogP contribution is -2.50. The molecule has 3 N–H and O–H groups in total. The molecule has 0 spiro atoms. The number of benzene rings is 1. The van der Waals surface area contributed by atoms with E-state index in [1.54, 1.807) is 4.90 Å². The van der Waals surface area contributed by atoms with Crippen molar-refractivity contribution in [3.8, 4) is 0 Å². The highest BCUT2D eigenvalue weighted by atomic mass is 16.2. The highest BCUT2D eigenvalue weighted by molar-refractivity contribution is 6.38. The number of amidine groups is 1. The summed E-state index contributed by atoms with van der Waals surface area (Å²) in [5.41, 5.74) is 6.76. The predicted molar refractivity (Wildman–Crippen MR) is 101 cm³/mol. The number of hydrogen-bond acceptors (Lipinski definition) is 3. The van der Waals surface area contributed by atoms with Crippen molar-refractivity contribution in [1.82, 2.24) is 10.2 Å². The Hall–Kier alpha value is -2.70. The number of carbonyl (C=O) groups is 2. The number of fused-ring (bicyclic) bond motifs is 1. The van der Waals surface area contributed by atoms with Crippen LogP contribution >= 0.6 is 0 Å². The summed E-state index contributed by atoms with van der Waals surface area (Å²) < 4.78 is 0. The lowest BCUT2D eigenvalue weighted by Gasteiger charge is -2.22. The molecule has 0 unspecified atom stereocenters. The quantitative estimate of drug-likeness (QED) is 0.621. The third kappa shape index (κ3) is 3.92. The average molecular weight is 355 g/mol. The Morgan fingerprint density at radius 3 is 2.81 bits per heavy atom. The van der Waals surface area contributed by atoms with E-state index < -0.39 is 11.9 Å². The molecule has 1 aliphatic carbocycles. The summed E-state index contributed by atoms with van der Waals surface area (Å²) in [4.78, 5) is 34.5. The van der Waals surface area contributed by atoms with E-state index in [4.69, 9.17) is 5.73 Å². The summed E-state index contributed by atoms with van der Waals surface area (Å²) in [5.74, 6) is 0.308. The third-order valence-electron chi connectivity index (χ3n) is 5.33. The molecule has 1 heterocycles. The minimum atomic E-state index is -0.539. The minimum absolute atomic E-state index is 0.0549. The van der Waals surface area contributed by atoms with Gasteiger partial charge in [-0.15, -0.1) is 0 Å². The Morgan fingerprint density at radius 1 is 1.35 bits per heavy atom. The number of nitrogens with two attached hydrogens (primary N) is 1. The van der Waals surface area contributed by atoms with Crippen molar-refractivity contribution >= 4 is 24.0 Å². The third-order valence-corrected chi connectivity index (χ3v) is 5.33. The van der Waals surface area contributed by atoms with Gasteiger partial charge in [-0.25, -0.2) is 4.99 Å². The second-order valence-electron chi connectivity index (χ2n) is 7.02. The number of aliphatic imine (C=N–C) groups is 2. The SMILES string of the molecule is C[C@@H]1[C@@H]2CC[C@H](NC(=O)C(N)=NC=NCc3ccccc3)C(=O)N(C)[C@H]12. The van der Waals surface area contributed by atoms with Crippen LogP contribution in [0.2, 0.25) is 0 Å². The van der Waals surface area contributed by atoms with Gasteiger partial charge in [0.1, 0.15) is 12.4 Å². The van der Waals surface area contributed by atoms with Gasteiger partial charge in [0.2, 0.25) is 5.91 Å². The van der Waals surface area contributed by atoms with Crippen molar-refractivity contribution in [2.45, 2.75) is 38.4 Å². The zero-order chi connectivity index (χ0) is 18.7. The number of carbonyl (C=O) groups excluding carboxylic acids is 2. The number of amides is 2. The number of nitrogens with one attached hydrogen (secondary N) is 1. The molecule has 2 aliphatic rings. The summed E-state index contributed by atoms with van der Waals surface area (Å²) in [6, 6.07) is 9.48. The van der Waals surface area contributed by atoms with Crippen LogP contribution in [0.5, 0.6) is 0 Å². The van der Waals surface area contributed by atoms with Crippen molar-refractivity contribution in [2.75, 3.05) is 7.05 Å². The first-order valence-electron chi connectivity index (χ1n) is 8.92. The zero-order valence-electron chi connectivity index (χ0n) is 15.1. The van der Waals surface area contributed by atoms with Gasteiger partial charge in [-0.05, 0) is 30.2 Å². The molecule has 1 saturated carbocycles. The topological polar surface area (TPSA) is 100 Å². The van der Waals surface area contributed by atoms with Crippen molar-refractivity contribution in [3.63, 3.8) is 0 Å². The van der Waals surface area contributed by atoms with Gasteiger partial charge in [0.15, 0.2) is 5.84 Å². The molecule has 1 aromatic carbocycles. The largest absolute Gasteiger partial charge is 0.379 e. The molecule has 1 aliphatic heterocycles. The summed E-state index contributed by atoms with van der Waals surface area (Å²) in [6.45, 7) is 2.63. The number of rotatable bonds is 4. The number of hydrogen-bond donors (Lipinski definition) is 2. The summed E-state index contributed by atoms with van der Waals surface area (Å²) in [5, 5.41) is 2.71. The highest BCUT2D eigenvalue weighted by Gasteiger charge is 2.53. The number of likely N-dealkylation sites (N-methyl/N-ethyl adjacent to an activating group) is 1. The van der Waals surface area contributed by atoms with Gasteiger partial charge < -0.3 is 16.0 Å². The molecule has 0 bridgehead atoms. The monoisotopic (exact) mass is 355 g/mol. The van der Waals surface area contributed by atoms with E-state index in [0.29, 0.717) is 30.8 Å². The fourth-order valence-electron chi connectivity index (χ4n) is 3.73. The van der Waals surface area contributed by atoms with E-state index in [1.165, 1.54) is 6.34 Å². The molecule has 0 aromatic heterocycles. The van der Waals surface area contributed by atoms with Crippen LogP contribution in [-0.4, -0.2) is 48.0 Å². The molecule has 1 aromatic rings. The van der Waals surface area contributed by atoms with E-state index in [1.807, 2.05) is 37.4 Å². The van der Waals surface area contributed by atoms with Crippen LogP contribution < -0.4 is 11.1 Å². The molecule has 2 amide bonds. The summed E-state index contributed by atoms with van der Waals surface area (Å²) >= 11 is 0. The van der Waals surface area contributed by atoms with Crippen LogP contribution in [0.3, 0.4) is 0 Å². The number of nitrogens with zero attached hydrogens (tertiary/aromatic N) is 3. The van der Waals surface area contributed by atoms with Crippen LogP contribution in [-0.2, 0) is 16.1 Å². The molecule has 4 atom stereocenters. The van der Waals surface area contributed by atoms with E-state index in [9.17, 15) is 9.59 Å². The van der Waals surface area contributed by atoms with Gasteiger partial charge in [0.05, 0.1) is 6.54 Å². The Kier molecular flexibility index (Phi) is 5.35. The Morgan fingerprint density at radius 2 is 2.08 bits per heavy atom. The molecular weight excluding hydrogens is 330 g/mol. The molecule has 26 heavy (non-hydrogen) atoms. The fraction of sp³-hybridized carbons (Fsp3) is 0.474. The van der Waals surface area contributed by atoms with Crippen molar-refractivity contribution in [1.29, 1.82) is 0 Å². The van der Waals surface area contributed by atoms with Gasteiger partial charge in [-0.2, -0.15) is 0 Å². The maximum atomic E-state index is 12.5. The van der Waals surface area contributed by atoms with Crippen LogP contribution in [0.1, 0.15) is 25.3 Å². The van der Waals surface area contributed by atoms with E-state index in [0.717, 1.165) is 12.0 Å². The molecule has 0 radical (unpaired) electrons. The van der Waals surface area contributed by atoms with E-state index in [-0.39, 0.29) is 11.7 Å². The standard InChI is InChI=1S/C19H25N5O2/c1-12-14-8-9-15(19(26)24(2)16(12)14)23-18(25)17(20)22-11-21-10-13-6-4-3-5-7-13/h3-7,11-12,14-16H,8-10H2,1-2H3,(H,23,25)(H2,20,21,22)/t12-,14+,15+,16-/m1/s1. The van der Waals surface area contributed by atoms with Gasteiger partial charge in [0, 0.05) is 13.1 Å². The summed E-state index contributed by atoms with van der Waals surface area (Å²) in [6.07, 6.45) is 2.85. The maximum absolute atomic E-state index is 12.5. The Balaban J connectivity index is 1.53. The number of likely N-dealkylation sites (tertiary alicyclic amines) is 1. The van der Waals surface area contributed by atoms with E-state index in [2.05, 4.69) is 22.2 Å². The zero-order valence-corrected chi connectivity index (χ0v) is 15.1. The Labute approximate surface area is 153 Å². The van der Waals surface area contributed by atoms with Gasteiger partial charge in [-0.1, -0.05) is 37.3 Å². The second kappa shape index (κ2) is 7.68. The minimum Gasteiger partial charge on any atom is -0.379 e. The first-order chi connectivity index (χ1) is 12.5. The van der Waals surface area contributed by atoms with Crippen LogP contribution in [0.15, 0.2) is 40.3 Å². The van der Waals surface area contributed by atoms with Crippen molar-refractivity contribution in [2.24, 2.45) is 27.6 Å². The van der Waals surface area contributed by atoms with Crippen LogP contribution in [0.25, 0.3) is 0 Å². The smallest absolute Gasteiger partial charge is 0.287 e. The maximum Gasteiger partial charge on any atom is 0.287 e. The van der Waals surface area contributed by atoms with Crippen LogP contribution in [0, 0.1) is 11.8 Å². The lowest BCUT2D eigenvalue weighted by atomic mass is 10.1. The fourth-order valence-corrected chi connectivity index (χ4v) is 3.73. The van der Waals surface area contributed by atoms with Crippen molar-refractivity contribution < 1.29 is 9.59 Å². The van der Waals surface area contributed by atoms with Gasteiger partial charge in [-0.3, -0.25) is 14.6 Å². The Bertz CT molecular complexity index is 731. The molecule has 3 rings (SSSR count). The second-order valence-corrected chi connectivity index (χ2v) is 7.02. The summed E-state index contributed by atoms with van der Waals surface area (Å²) in [7, 11) is 1.81. The predicted octanol–water partition coefficient (Wildman–Crippen LogP) is 0.944. The molecule has 2 fully saturated rings. The molecule has 138 valence electrons. The molecule has 1 saturated heterocycles. The molecular formula is C19H25N5O2. The normalized spacial score (nSPS) is 28.6. The van der Waals surface area contributed by atoms with Gasteiger partial charge >= 0.3 is 0 Å².